The smallest absolute Gasteiger partial charge is 0.303 e. The third kappa shape index (κ3) is 7.79. The summed E-state index contributed by atoms with van der Waals surface area (Å²) in [6.07, 6.45) is 7.09. The van der Waals surface area contributed by atoms with Crippen LogP contribution in [0.15, 0.2) is 24.3 Å². The molecule has 0 spiro atoms. The number of carbonyl (C=O) groups excluding carboxylic acids is 1. The first-order valence-corrected chi connectivity index (χ1v) is 5.20. The Labute approximate surface area is 96.0 Å². The van der Waals surface area contributed by atoms with Gasteiger partial charge in [0.15, 0.2) is 0 Å². The van der Waals surface area contributed by atoms with Crippen molar-refractivity contribution in [1.82, 2.24) is 5.32 Å². The standard InChI is InChI=1S/C12H19NO3/c1-4-5-6-7-10(14)13-12(2,3)9-8-11(15)16/h4-7H,8-9H2,1-3H3,(H,13,14)(H,15,16). The number of carbonyl (C=O) groups is 2. The Morgan fingerprint density at radius 2 is 1.94 bits per heavy atom. The molecule has 0 radical (unpaired) electrons. The van der Waals surface area contributed by atoms with Crippen molar-refractivity contribution < 1.29 is 14.7 Å². The van der Waals surface area contributed by atoms with Gasteiger partial charge in [0.05, 0.1) is 0 Å². The van der Waals surface area contributed by atoms with Crippen molar-refractivity contribution in [2.45, 2.75) is 39.2 Å². The third-order valence-corrected chi connectivity index (χ3v) is 1.98. The molecule has 0 aromatic heterocycles. The third-order valence-electron chi connectivity index (χ3n) is 1.98. The van der Waals surface area contributed by atoms with Gasteiger partial charge in [0.1, 0.15) is 0 Å². The van der Waals surface area contributed by atoms with Crippen LogP contribution in [0.5, 0.6) is 0 Å². The van der Waals surface area contributed by atoms with E-state index in [1.165, 1.54) is 6.08 Å². The normalized spacial score (nSPS) is 12.2. The van der Waals surface area contributed by atoms with E-state index in [9.17, 15) is 9.59 Å². The number of carboxylic acids is 1. The molecule has 0 aliphatic heterocycles. The van der Waals surface area contributed by atoms with Crippen molar-refractivity contribution in [2.24, 2.45) is 0 Å². The molecule has 0 aliphatic carbocycles. The Morgan fingerprint density at radius 1 is 1.31 bits per heavy atom. The largest absolute Gasteiger partial charge is 0.481 e. The lowest BCUT2D eigenvalue weighted by molar-refractivity contribution is -0.137. The van der Waals surface area contributed by atoms with Crippen LogP contribution in [0, 0.1) is 0 Å². The number of carboxylic acid groups (broad SMARTS) is 1. The van der Waals surface area contributed by atoms with E-state index in [2.05, 4.69) is 5.32 Å². The molecule has 4 nitrogen and oxygen atoms in total. The lowest BCUT2D eigenvalue weighted by Crippen LogP contribution is -2.42. The van der Waals surface area contributed by atoms with Gasteiger partial charge in [-0.3, -0.25) is 9.59 Å². The van der Waals surface area contributed by atoms with E-state index in [1.807, 2.05) is 13.0 Å². The van der Waals surface area contributed by atoms with Gasteiger partial charge in [-0.15, -0.1) is 0 Å². The van der Waals surface area contributed by atoms with Gasteiger partial charge in [-0.05, 0) is 27.2 Å². The van der Waals surface area contributed by atoms with Crippen molar-refractivity contribution in [3.63, 3.8) is 0 Å². The van der Waals surface area contributed by atoms with E-state index in [0.29, 0.717) is 6.42 Å². The monoisotopic (exact) mass is 225 g/mol. The Hall–Kier alpha value is -1.58. The highest BCUT2D eigenvalue weighted by molar-refractivity contribution is 5.88. The average Bonchev–Trinajstić information content (AvgIpc) is 2.15. The van der Waals surface area contributed by atoms with Crippen LogP contribution in [0.3, 0.4) is 0 Å². The molecule has 0 saturated heterocycles. The zero-order valence-corrected chi connectivity index (χ0v) is 9.99. The van der Waals surface area contributed by atoms with Gasteiger partial charge in [-0.2, -0.15) is 0 Å². The predicted molar refractivity (Wildman–Crippen MR) is 63.0 cm³/mol. The highest BCUT2D eigenvalue weighted by Crippen LogP contribution is 2.10. The van der Waals surface area contributed by atoms with Gasteiger partial charge in [-0.25, -0.2) is 0 Å². The van der Waals surface area contributed by atoms with E-state index in [4.69, 9.17) is 5.11 Å². The minimum atomic E-state index is -0.855. The molecular weight excluding hydrogens is 206 g/mol. The summed E-state index contributed by atoms with van der Waals surface area (Å²) in [5.74, 6) is -1.07. The Morgan fingerprint density at radius 3 is 2.44 bits per heavy atom. The lowest BCUT2D eigenvalue weighted by atomic mass is 9.98. The predicted octanol–water partition coefficient (Wildman–Crippen LogP) is 1.88. The van der Waals surface area contributed by atoms with Crippen LogP contribution in [0.4, 0.5) is 0 Å². The molecule has 0 heterocycles. The van der Waals surface area contributed by atoms with Gasteiger partial charge in [0, 0.05) is 18.0 Å². The molecule has 0 unspecified atom stereocenters. The number of amides is 1. The van der Waals surface area contributed by atoms with Crippen LogP contribution in [0.1, 0.15) is 33.6 Å². The van der Waals surface area contributed by atoms with E-state index in [-0.39, 0.29) is 12.3 Å². The summed E-state index contributed by atoms with van der Waals surface area (Å²) in [6.45, 7) is 5.47. The maximum absolute atomic E-state index is 11.4. The van der Waals surface area contributed by atoms with Crippen LogP contribution in [-0.2, 0) is 9.59 Å². The molecule has 0 rings (SSSR count). The summed E-state index contributed by atoms with van der Waals surface area (Å²) in [6, 6.07) is 0. The zero-order chi connectivity index (χ0) is 12.6. The molecule has 0 bridgehead atoms. The van der Waals surface area contributed by atoms with Gasteiger partial charge in [-0.1, -0.05) is 18.2 Å². The first kappa shape index (κ1) is 14.4. The second kappa shape index (κ2) is 6.82. The van der Waals surface area contributed by atoms with Crippen molar-refractivity contribution in [2.75, 3.05) is 0 Å². The van der Waals surface area contributed by atoms with Crippen LogP contribution >= 0.6 is 0 Å². The number of rotatable bonds is 6. The highest BCUT2D eigenvalue weighted by atomic mass is 16.4. The minimum absolute atomic E-state index is 0.0475. The van der Waals surface area contributed by atoms with Crippen LogP contribution in [0.25, 0.3) is 0 Å². The maximum Gasteiger partial charge on any atom is 0.303 e. The Kier molecular flexibility index (Phi) is 6.15. The fourth-order valence-electron chi connectivity index (χ4n) is 1.11. The van der Waals surface area contributed by atoms with Gasteiger partial charge < -0.3 is 10.4 Å². The average molecular weight is 225 g/mol. The molecule has 0 fully saturated rings. The quantitative estimate of drug-likeness (QED) is 0.535. The molecule has 0 aliphatic rings. The van der Waals surface area contributed by atoms with E-state index in [1.54, 1.807) is 26.0 Å². The fourth-order valence-corrected chi connectivity index (χ4v) is 1.11. The SMILES string of the molecule is CC=CC=CC(=O)NC(C)(C)CCC(=O)O. The second-order valence-corrected chi connectivity index (χ2v) is 4.15. The molecule has 0 atom stereocenters. The first-order valence-electron chi connectivity index (χ1n) is 5.20. The number of hydrogen-bond acceptors (Lipinski definition) is 2. The molecule has 0 saturated carbocycles. The zero-order valence-electron chi connectivity index (χ0n) is 9.99. The molecule has 90 valence electrons. The van der Waals surface area contributed by atoms with Crippen molar-refractivity contribution >= 4 is 11.9 Å². The molecule has 2 N–H and O–H groups in total. The molecule has 0 aromatic carbocycles. The summed E-state index contributed by atoms with van der Waals surface area (Å²) in [7, 11) is 0. The van der Waals surface area contributed by atoms with Crippen molar-refractivity contribution in [3.8, 4) is 0 Å². The number of nitrogens with one attached hydrogen (secondary N) is 1. The maximum atomic E-state index is 11.4. The van der Waals surface area contributed by atoms with E-state index in [0.717, 1.165) is 0 Å². The summed E-state index contributed by atoms with van der Waals surface area (Å²) in [5.41, 5.74) is -0.504. The number of hydrogen-bond donors (Lipinski definition) is 2. The highest BCUT2D eigenvalue weighted by Gasteiger charge is 2.20. The lowest BCUT2D eigenvalue weighted by Gasteiger charge is -2.24. The fraction of sp³-hybridized carbons (Fsp3) is 0.500. The van der Waals surface area contributed by atoms with E-state index >= 15 is 0 Å². The van der Waals surface area contributed by atoms with Crippen molar-refractivity contribution in [1.29, 1.82) is 0 Å². The molecule has 1 amide bonds. The van der Waals surface area contributed by atoms with Gasteiger partial charge >= 0.3 is 5.97 Å². The molecular formula is C12H19NO3. The molecule has 4 heteroatoms. The summed E-state index contributed by atoms with van der Waals surface area (Å²) in [4.78, 5) is 21.8. The summed E-state index contributed by atoms with van der Waals surface area (Å²) < 4.78 is 0. The molecule has 0 aromatic rings. The van der Waals surface area contributed by atoms with Gasteiger partial charge in [0.2, 0.25) is 5.91 Å². The van der Waals surface area contributed by atoms with Gasteiger partial charge in [0.25, 0.3) is 0 Å². The summed E-state index contributed by atoms with van der Waals surface area (Å²) >= 11 is 0. The number of allylic oxidation sites excluding steroid dienone is 3. The second-order valence-electron chi connectivity index (χ2n) is 4.15. The van der Waals surface area contributed by atoms with E-state index < -0.39 is 11.5 Å². The van der Waals surface area contributed by atoms with Crippen LogP contribution in [-0.4, -0.2) is 22.5 Å². The minimum Gasteiger partial charge on any atom is -0.481 e. The van der Waals surface area contributed by atoms with Crippen LogP contribution < -0.4 is 5.32 Å². The van der Waals surface area contributed by atoms with Crippen molar-refractivity contribution in [3.05, 3.63) is 24.3 Å². The first-order chi connectivity index (χ1) is 7.37. The Bertz CT molecular complexity index is 303. The number of aliphatic carboxylic acids is 1. The Balaban J connectivity index is 4.14. The summed E-state index contributed by atoms with van der Waals surface area (Å²) in [5, 5.41) is 11.3. The van der Waals surface area contributed by atoms with Crippen LogP contribution in [0.2, 0.25) is 0 Å². The topological polar surface area (TPSA) is 66.4 Å². The molecule has 16 heavy (non-hydrogen) atoms.